The van der Waals surface area contributed by atoms with Gasteiger partial charge < -0.3 is 5.32 Å². The van der Waals surface area contributed by atoms with E-state index in [0.29, 0.717) is 22.4 Å². The Morgan fingerprint density at radius 1 is 1.00 bits per heavy atom. The summed E-state index contributed by atoms with van der Waals surface area (Å²) >= 11 is 0. The first-order valence-corrected chi connectivity index (χ1v) is 9.10. The van der Waals surface area contributed by atoms with Crippen LogP contribution in [0.4, 0.5) is 23.0 Å². The van der Waals surface area contributed by atoms with Gasteiger partial charge in [0.05, 0.1) is 15.5 Å². The highest BCUT2D eigenvalue weighted by Crippen LogP contribution is 2.41. The van der Waals surface area contributed by atoms with E-state index in [9.17, 15) is 25.0 Å². The number of fused-ring (bicyclic) bond motifs is 2. The lowest BCUT2D eigenvalue weighted by molar-refractivity contribution is -0.385. The van der Waals surface area contributed by atoms with Gasteiger partial charge in [-0.05, 0) is 28.1 Å². The maximum absolute atomic E-state index is 12.6. The number of hydrogen-bond acceptors (Lipinski definition) is 10. The highest BCUT2D eigenvalue weighted by Gasteiger charge is 2.35. The largest absolute Gasteiger partial charge is 0.318 e. The highest BCUT2D eigenvalue weighted by molar-refractivity contribution is 5.76. The Balaban J connectivity index is 1.77. The number of benzene rings is 2. The molecule has 4 aromatic rings. The van der Waals surface area contributed by atoms with Crippen LogP contribution in [0.1, 0.15) is 17.2 Å². The first kappa shape index (κ1) is 19.0. The Bertz CT molecular complexity index is 1440. The molecule has 0 radical (unpaired) electrons. The molecule has 1 aliphatic heterocycles. The molecule has 3 heterocycles. The van der Waals surface area contributed by atoms with E-state index in [1.165, 1.54) is 47.1 Å². The van der Waals surface area contributed by atoms with E-state index in [1.54, 1.807) is 6.07 Å². The van der Waals surface area contributed by atoms with Crippen molar-refractivity contribution < 1.29 is 9.85 Å². The van der Waals surface area contributed by atoms with Crippen LogP contribution in [0.15, 0.2) is 53.3 Å². The van der Waals surface area contributed by atoms with Crippen LogP contribution in [0.5, 0.6) is 0 Å². The summed E-state index contributed by atoms with van der Waals surface area (Å²) in [5, 5.41) is 43.3. The number of aromatic amines is 1. The van der Waals surface area contributed by atoms with Crippen molar-refractivity contribution in [1.82, 2.24) is 30.4 Å². The summed E-state index contributed by atoms with van der Waals surface area (Å²) in [5.74, 6) is 0.167. The monoisotopic (exact) mass is 433 g/mol. The number of anilines is 2. The second-order valence-corrected chi connectivity index (χ2v) is 6.82. The molecule has 32 heavy (non-hydrogen) atoms. The third-order valence-corrected chi connectivity index (χ3v) is 5.02. The zero-order chi connectivity index (χ0) is 22.4. The van der Waals surface area contributed by atoms with Gasteiger partial charge in [-0.15, -0.1) is 0 Å². The lowest BCUT2D eigenvalue weighted by Crippen LogP contribution is -2.29. The van der Waals surface area contributed by atoms with E-state index >= 15 is 0 Å². The van der Waals surface area contributed by atoms with Crippen LogP contribution >= 0.6 is 0 Å². The summed E-state index contributed by atoms with van der Waals surface area (Å²) in [6.07, 6.45) is 0. The van der Waals surface area contributed by atoms with Gasteiger partial charge in [-0.3, -0.25) is 25.0 Å². The van der Waals surface area contributed by atoms with Crippen LogP contribution in [-0.4, -0.2) is 40.3 Å². The fourth-order valence-corrected chi connectivity index (χ4v) is 3.62. The van der Waals surface area contributed by atoms with Gasteiger partial charge >= 0.3 is 0 Å². The van der Waals surface area contributed by atoms with Crippen LogP contribution in [0.3, 0.4) is 0 Å². The summed E-state index contributed by atoms with van der Waals surface area (Å²) in [5.41, 5.74) is 0.919. The van der Waals surface area contributed by atoms with Crippen molar-refractivity contribution >= 4 is 23.0 Å². The van der Waals surface area contributed by atoms with E-state index in [4.69, 9.17) is 0 Å². The van der Waals surface area contributed by atoms with Crippen molar-refractivity contribution in [2.24, 2.45) is 0 Å². The summed E-state index contributed by atoms with van der Waals surface area (Å²) < 4.78 is 1.39. The van der Waals surface area contributed by atoms with E-state index in [1.807, 2.05) is 0 Å². The number of nitro benzene ring substituents is 2. The van der Waals surface area contributed by atoms with Gasteiger partial charge in [0, 0.05) is 35.4 Å². The second-order valence-electron chi connectivity index (χ2n) is 6.82. The summed E-state index contributed by atoms with van der Waals surface area (Å²) in [6, 6.07) is 10.7. The van der Waals surface area contributed by atoms with Crippen LogP contribution in [0.2, 0.25) is 0 Å². The fraction of sp³-hybridized carbons (Fsp3) is 0.0556. The highest BCUT2D eigenvalue weighted by atomic mass is 16.6. The average molecular weight is 433 g/mol. The van der Waals surface area contributed by atoms with E-state index in [0.717, 1.165) is 0 Å². The van der Waals surface area contributed by atoms with Crippen molar-refractivity contribution in [3.8, 4) is 11.3 Å². The van der Waals surface area contributed by atoms with E-state index in [-0.39, 0.29) is 23.0 Å². The van der Waals surface area contributed by atoms with Gasteiger partial charge in [0.15, 0.2) is 0 Å². The number of nitrogens with one attached hydrogen (secondary N) is 2. The molecule has 0 unspecified atom stereocenters. The lowest BCUT2D eigenvalue weighted by Gasteiger charge is -2.27. The predicted molar refractivity (Wildman–Crippen MR) is 108 cm³/mol. The smallest absolute Gasteiger partial charge is 0.288 e. The van der Waals surface area contributed by atoms with Gasteiger partial charge in [-0.1, -0.05) is 17.2 Å². The maximum Gasteiger partial charge on any atom is 0.288 e. The van der Waals surface area contributed by atoms with Gasteiger partial charge in [-0.25, -0.2) is 5.10 Å². The lowest BCUT2D eigenvalue weighted by atomic mass is 9.92. The number of rotatable bonds is 4. The maximum atomic E-state index is 12.6. The topological polar surface area (TPSA) is 188 Å². The molecule has 2 N–H and O–H groups in total. The van der Waals surface area contributed by atoms with Gasteiger partial charge in [0.2, 0.25) is 5.95 Å². The Hall–Kier alpha value is -5.01. The fourth-order valence-electron chi connectivity index (χ4n) is 3.62. The number of H-pyrrole nitrogens is 1. The molecule has 0 spiro atoms. The standard InChI is InChI=1S/C18H11N9O5/c28-17-15-13(14(20-21-17)9-4-6-11(7-5-9)26(29)30)16(25-18(19-15)22-23-24-25)10-2-1-3-12(8-10)27(31)32/h1-8,16H,(H,21,28)(H,19,22,24)/t16-/m0/s1. The first-order valence-electron chi connectivity index (χ1n) is 9.10. The normalized spacial score (nSPS) is 14.2. The zero-order valence-corrected chi connectivity index (χ0v) is 15.9. The van der Waals surface area contributed by atoms with Gasteiger partial charge in [0.25, 0.3) is 16.9 Å². The van der Waals surface area contributed by atoms with Crippen molar-refractivity contribution in [3.05, 3.63) is 90.2 Å². The minimum absolute atomic E-state index is 0.108. The molecule has 0 aliphatic carbocycles. The molecular formula is C18H11N9O5. The van der Waals surface area contributed by atoms with E-state index in [2.05, 4.69) is 31.0 Å². The third-order valence-electron chi connectivity index (χ3n) is 5.02. The Morgan fingerprint density at radius 2 is 1.75 bits per heavy atom. The Morgan fingerprint density at radius 3 is 2.47 bits per heavy atom. The molecule has 2 aromatic carbocycles. The molecule has 1 aliphatic rings. The SMILES string of the molecule is O=c1[nH]nc(-c2ccc([N+](=O)[O-])cc2)c2c1Nc1nnnn1[C@H]2c1cccc([N+](=O)[O-])c1. The van der Waals surface area contributed by atoms with E-state index < -0.39 is 21.4 Å². The van der Waals surface area contributed by atoms with Crippen LogP contribution in [0, 0.1) is 20.2 Å². The van der Waals surface area contributed by atoms with Crippen molar-refractivity contribution in [2.75, 3.05) is 5.32 Å². The molecule has 0 amide bonds. The molecule has 0 bridgehead atoms. The minimum Gasteiger partial charge on any atom is -0.318 e. The van der Waals surface area contributed by atoms with Crippen LogP contribution in [0.25, 0.3) is 11.3 Å². The molecule has 14 heteroatoms. The van der Waals surface area contributed by atoms with Gasteiger partial charge in [-0.2, -0.15) is 9.78 Å². The minimum atomic E-state index is -0.823. The molecule has 5 rings (SSSR count). The average Bonchev–Trinajstić information content (AvgIpc) is 3.26. The summed E-state index contributed by atoms with van der Waals surface area (Å²) in [4.78, 5) is 33.9. The Kier molecular flexibility index (Phi) is 4.18. The summed E-state index contributed by atoms with van der Waals surface area (Å²) in [6.45, 7) is 0. The number of tetrazole rings is 1. The second kappa shape index (κ2) is 7.05. The summed E-state index contributed by atoms with van der Waals surface area (Å²) in [7, 11) is 0. The van der Waals surface area contributed by atoms with Crippen molar-refractivity contribution in [3.63, 3.8) is 0 Å². The van der Waals surface area contributed by atoms with Crippen molar-refractivity contribution in [1.29, 1.82) is 0 Å². The molecule has 158 valence electrons. The number of non-ortho nitro benzene ring substituents is 2. The number of nitro groups is 2. The molecule has 14 nitrogen and oxygen atoms in total. The first-order chi connectivity index (χ1) is 15.4. The molecule has 2 aromatic heterocycles. The third kappa shape index (κ3) is 2.94. The zero-order valence-electron chi connectivity index (χ0n) is 15.9. The molecule has 0 saturated heterocycles. The number of nitrogens with zero attached hydrogens (tertiary/aromatic N) is 7. The van der Waals surface area contributed by atoms with Crippen LogP contribution < -0.4 is 10.9 Å². The van der Waals surface area contributed by atoms with Crippen molar-refractivity contribution in [2.45, 2.75) is 6.04 Å². The van der Waals surface area contributed by atoms with Crippen LogP contribution in [-0.2, 0) is 0 Å². The quantitative estimate of drug-likeness (QED) is 0.313. The predicted octanol–water partition coefficient (Wildman–Crippen LogP) is 1.93. The molecule has 0 fully saturated rings. The molecule has 1 atom stereocenters. The molecular weight excluding hydrogens is 422 g/mol. The number of hydrogen-bond donors (Lipinski definition) is 2. The van der Waals surface area contributed by atoms with Gasteiger partial charge in [0.1, 0.15) is 11.7 Å². The molecule has 0 saturated carbocycles. The number of aromatic nitrogens is 6. The Labute approximate surface area is 176 Å².